The number of hydrogen-bond acceptors (Lipinski definition) is 10. The van der Waals surface area contributed by atoms with Gasteiger partial charge in [0.05, 0.1) is 10.9 Å². The minimum absolute atomic E-state index is 0.00192. The third-order valence-electron chi connectivity index (χ3n) is 10.8. The summed E-state index contributed by atoms with van der Waals surface area (Å²) in [7, 11) is 1.87. The predicted molar refractivity (Wildman–Crippen MR) is 199 cm³/mol. The highest BCUT2D eigenvalue weighted by Crippen LogP contribution is 2.41. The summed E-state index contributed by atoms with van der Waals surface area (Å²) in [5.41, 5.74) is -0.0368. The van der Waals surface area contributed by atoms with E-state index in [9.17, 15) is 9.18 Å². The number of hydrogen-bond donors (Lipinski definition) is 0. The topological polar surface area (TPSA) is 114 Å². The number of nitrogens with zero attached hydrogens (tertiary/aromatic N) is 8. The quantitative estimate of drug-likeness (QED) is 0.154. The molecule has 0 radical (unpaired) electrons. The average Bonchev–Trinajstić information content (AvgIpc) is 3.94. The number of carbonyl (C=O) groups is 1. The zero-order valence-corrected chi connectivity index (χ0v) is 30.9. The monoisotopic (exact) mass is 742 g/mol. The molecule has 6 heterocycles. The molecule has 3 aliphatic rings. The average molecular weight is 743 g/mol. The van der Waals surface area contributed by atoms with Gasteiger partial charge in [0.2, 0.25) is 5.91 Å². The van der Waals surface area contributed by atoms with Gasteiger partial charge in [-0.25, -0.2) is 8.78 Å². The summed E-state index contributed by atoms with van der Waals surface area (Å²) in [4.78, 5) is 37.5. The van der Waals surface area contributed by atoms with Crippen LogP contribution in [0.15, 0.2) is 53.2 Å². The van der Waals surface area contributed by atoms with Gasteiger partial charge in [0.1, 0.15) is 29.8 Å². The van der Waals surface area contributed by atoms with Gasteiger partial charge in [-0.2, -0.15) is 15.0 Å². The van der Waals surface area contributed by atoms with Crippen molar-refractivity contribution >= 4 is 51.1 Å². The first kappa shape index (κ1) is 35.3. The Kier molecular flexibility index (Phi) is 9.05. The number of carbonyl (C=O) groups excluding carboxylic acids is 1. The summed E-state index contributed by atoms with van der Waals surface area (Å²) in [5.74, 6) is 0.413. The number of alkyl halides is 1. The number of ether oxygens (including phenoxy) is 1. The summed E-state index contributed by atoms with van der Waals surface area (Å²) in [5, 5.41) is 6.44. The molecule has 5 aromatic rings. The van der Waals surface area contributed by atoms with Gasteiger partial charge in [0, 0.05) is 78.9 Å². The Hall–Kier alpha value is -4.75. The number of amides is 1. The van der Waals surface area contributed by atoms with E-state index >= 15 is 4.39 Å². The zero-order chi connectivity index (χ0) is 37.1. The van der Waals surface area contributed by atoms with Crippen LogP contribution in [0.1, 0.15) is 58.2 Å². The van der Waals surface area contributed by atoms with Crippen molar-refractivity contribution in [1.29, 1.82) is 0 Å². The number of aromatic nitrogens is 5. The predicted octanol–water partition coefficient (Wildman–Crippen LogP) is 7.02. The third-order valence-corrected chi connectivity index (χ3v) is 11.1. The number of fused-ring (bicyclic) bond motifs is 3. The molecular formula is C39H41ClF2N8O3. The summed E-state index contributed by atoms with van der Waals surface area (Å²) in [6.07, 6.45) is 6.41. The van der Waals surface area contributed by atoms with E-state index < -0.39 is 17.5 Å². The molecule has 0 saturated carbocycles. The Morgan fingerprint density at radius 3 is 2.75 bits per heavy atom. The van der Waals surface area contributed by atoms with Crippen molar-refractivity contribution in [3.05, 3.63) is 71.2 Å². The van der Waals surface area contributed by atoms with Gasteiger partial charge in [-0.3, -0.25) is 14.7 Å². The number of anilines is 1. The SMILES string of the molecule is CN(c1nc(OC[C@@]23CCCN2C[C@H](F)C3)nc2c(F)c(-c3cccc4cccc(Cl)c34)ncc12)[C@@H]1CCN(C(=O)/C=C/c2nc(C(C)(C)C)no2)C1. The van der Waals surface area contributed by atoms with Gasteiger partial charge in [-0.1, -0.05) is 67.9 Å². The maximum atomic E-state index is 16.9. The molecule has 3 fully saturated rings. The standard InChI is InChI=1S/C39H41ClF2N8O3/c1-38(2,3)36-44-29(53-47-36)12-13-30(51)49-17-14-25(21-49)48(4)35-27-19-43-33(26-10-5-8-23-9-6-11-28(40)31(23)26)32(42)34(27)45-37(46-35)52-22-39-15-7-16-50(39)20-24(41)18-39/h5-6,8-13,19,24-25H,7,14-18,20-22H2,1-4H3/b13-12+/t24-,25-,39+/m1/s1. The van der Waals surface area contributed by atoms with Crippen molar-refractivity contribution in [2.75, 3.05) is 44.7 Å². The minimum atomic E-state index is -0.924. The molecule has 0 aliphatic carbocycles. The van der Waals surface area contributed by atoms with Crippen LogP contribution in [0.5, 0.6) is 6.01 Å². The Morgan fingerprint density at radius 2 is 1.96 bits per heavy atom. The molecule has 3 atom stereocenters. The normalized spacial score (nSPS) is 22.1. The number of rotatable bonds is 8. The molecule has 276 valence electrons. The Labute approximate surface area is 311 Å². The summed E-state index contributed by atoms with van der Waals surface area (Å²) in [6.45, 7) is 8.24. The fraction of sp³-hybridized carbons (Fsp3) is 0.436. The Balaban J connectivity index is 1.11. The zero-order valence-electron chi connectivity index (χ0n) is 30.2. The van der Waals surface area contributed by atoms with E-state index in [-0.39, 0.29) is 47.1 Å². The first-order chi connectivity index (χ1) is 25.4. The highest BCUT2D eigenvalue weighted by atomic mass is 35.5. The van der Waals surface area contributed by atoms with Crippen molar-refractivity contribution in [1.82, 2.24) is 34.9 Å². The van der Waals surface area contributed by atoms with Crippen LogP contribution in [0.2, 0.25) is 5.02 Å². The fourth-order valence-corrected chi connectivity index (χ4v) is 8.25. The van der Waals surface area contributed by atoms with E-state index in [1.165, 1.54) is 12.2 Å². The molecule has 8 rings (SSSR count). The largest absolute Gasteiger partial charge is 0.461 e. The highest BCUT2D eigenvalue weighted by molar-refractivity contribution is 6.36. The molecule has 2 aromatic carbocycles. The van der Waals surface area contributed by atoms with E-state index in [1.807, 2.05) is 57.0 Å². The van der Waals surface area contributed by atoms with Crippen LogP contribution < -0.4 is 9.64 Å². The molecule has 1 amide bonds. The highest BCUT2D eigenvalue weighted by Gasteiger charge is 2.49. The van der Waals surface area contributed by atoms with Gasteiger partial charge in [-0.05, 0) is 37.3 Å². The molecule has 0 spiro atoms. The molecule has 3 aliphatic heterocycles. The lowest BCUT2D eigenvalue weighted by molar-refractivity contribution is -0.124. The lowest BCUT2D eigenvalue weighted by Crippen LogP contribution is -2.43. The molecule has 0 unspecified atom stereocenters. The number of likely N-dealkylation sites (N-methyl/N-ethyl adjacent to an activating group) is 1. The van der Waals surface area contributed by atoms with Crippen molar-refractivity contribution in [2.45, 2.75) is 69.6 Å². The van der Waals surface area contributed by atoms with Crippen LogP contribution in [0, 0.1) is 5.82 Å². The molecule has 3 aromatic heterocycles. The molecular weight excluding hydrogens is 702 g/mol. The summed E-state index contributed by atoms with van der Waals surface area (Å²) < 4.78 is 43.1. The first-order valence-electron chi connectivity index (χ1n) is 18.0. The number of pyridine rings is 1. The van der Waals surface area contributed by atoms with Crippen molar-refractivity contribution in [2.24, 2.45) is 0 Å². The molecule has 3 saturated heterocycles. The van der Waals surface area contributed by atoms with Crippen LogP contribution in [0.3, 0.4) is 0 Å². The smallest absolute Gasteiger partial charge is 0.319 e. The van der Waals surface area contributed by atoms with Gasteiger partial charge in [-0.15, -0.1) is 0 Å². The van der Waals surface area contributed by atoms with Gasteiger partial charge in [0.25, 0.3) is 5.89 Å². The van der Waals surface area contributed by atoms with Crippen LogP contribution in [0.25, 0.3) is 39.0 Å². The van der Waals surface area contributed by atoms with Crippen LogP contribution in [-0.4, -0.2) is 98.4 Å². The second-order valence-electron chi connectivity index (χ2n) is 15.4. The van der Waals surface area contributed by atoms with Crippen LogP contribution >= 0.6 is 11.6 Å². The number of halogens is 3. The number of likely N-dealkylation sites (tertiary alicyclic amines) is 1. The molecule has 14 heteroatoms. The fourth-order valence-electron chi connectivity index (χ4n) is 7.97. The Bertz CT molecular complexity index is 2240. The maximum absolute atomic E-state index is 16.9. The maximum Gasteiger partial charge on any atom is 0.319 e. The molecule has 0 N–H and O–H groups in total. The first-order valence-corrected chi connectivity index (χ1v) is 18.4. The van der Waals surface area contributed by atoms with Crippen molar-refractivity contribution in [3.63, 3.8) is 0 Å². The van der Waals surface area contributed by atoms with Crippen molar-refractivity contribution in [3.8, 4) is 17.3 Å². The van der Waals surface area contributed by atoms with E-state index in [0.29, 0.717) is 65.5 Å². The summed E-state index contributed by atoms with van der Waals surface area (Å²) >= 11 is 6.63. The molecule has 0 bridgehead atoms. The lowest BCUT2D eigenvalue weighted by atomic mass is 9.95. The minimum Gasteiger partial charge on any atom is -0.461 e. The van der Waals surface area contributed by atoms with E-state index in [2.05, 4.69) is 25.0 Å². The van der Waals surface area contributed by atoms with E-state index in [0.717, 1.165) is 24.8 Å². The Morgan fingerprint density at radius 1 is 1.15 bits per heavy atom. The number of benzene rings is 2. The van der Waals surface area contributed by atoms with Crippen LogP contribution in [0.4, 0.5) is 14.6 Å². The second-order valence-corrected chi connectivity index (χ2v) is 15.8. The van der Waals surface area contributed by atoms with Gasteiger partial charge >= 0.3 is 6.01 Å². The summed E-state index contributed by atoms with van der Waals surface area (Å²) in [6, 6.07) is 10.9. The molecule has 11 nitrogen and oxygen atoms in total. The molecule has 53 heavy (non-hydrogen) atoms. The van der Waals surface area contributed by atoms with E-state index in [4.69, 9.17) is 25.8 Å². The van der Waals surface area contributed by atoms with Gasteiger partial charge in [0.15, 0.2) is 11.6 Å². The third kappa shape index (κ3) is 6.58. The van der Waals surface area contributed by atoms with Crippen LogP contribution in [-0.2, 0) is 10.2 Å². The van der Waals surface area contributed by atoms with E-state index in [1.54, 1.807) is 23.2 Å². The van der Waals surface area contributed by atoms with Gasteiger partial charge < -0.3 is 19.1 Å². The van der Waals surface area contributed by atoms with Crippen molar-refractivity contribution < 1.29 is 22.8 Å². The lowest BCUT2D eigenvalue weighted by Gasteiger charge is -2.31. The second kappa shape index (κ2) is 13.6.